The maximum absolute atomic E-state index is 14.5. The minimum absolute atomic E-state index is 0.0652. The molecule has 2 aromatic heterocycles. The van der Waals surface area contributed by atoms with Crippen molar-refractivity contribution in [3.8, 4) is 11.4 Å². The van der Waals surface area contributed by atoms with Crippen LogP contribution in [0.4, 0.5) is 0 Å². The van der Waals surface area contributed by atoms with Crippen LogP contribution in [-0.4, -0.2) is 148 Å². The Morgan fingerprint density at radius 1 is 1.08 bits per heavy atom. The number of esters is 1. The molecule has 3 N–H and O–H groups in total. The molecule has 2 amide bonds. The van der Waals surface area contributed by atoms with E-state index in [0.29, 0.717) is 30.1 Å². The molecule has 3 aliphatic heterocycles. The average Bonchev–Trinajstić information content (AvgIpc) is 3.72. The molecule has 354 valence electrons. The number of hydrogen-bond acceptors (Lipinski definition) is 17. The standard InChI is InChI=1S/C45H66N6O13/c1-12-36-45(9,57)37-19-33(47-28(7)52)24(3)20-44(8,40(26(5)38(53)27(6)42(56)62-36)63-43-39(54)35(51(10)11)17-25(4)61-43)59-22-29(21-58-37)49-60-23-30-18-34(50-64-30)31-15-14-16-32(48-31)41(55)46-13-2/h14-16,18,24-27,35-37,39-40,43,54,57H,12-13,17,19-23H2,1-11H3,(H,46,55)/b47-33?,49-29-/t24-,25-,26+,27-,35+,36-,37-,39-,40-,43+,44-,45-/m1/s1. The van der Waals surface area contributed by atoms with Crippen LogP contribution < -0.4 is 5.32 Å². The molecule has 64 heavy (non-hydrogen) atoms. The van der Waals surface area contributed by atoms with Gasteiger partial charge in [-0.3, -0.25) is 19.2 Å². The Morgan fingerprint density at radius 2 is 1.81 bits per heavy atom. The Balaban J connectivity index is 1.58. The first-order valence-corrected chi connectivity index (χ1v) is 22.0. The zero-order chi connectivity index (χ0) is 47.1. The number of likely N-dealkylation sites (N-methyl/N-ethyl adjacent to an activating group) is 1. The van der Waals surface area contributed by atoms with Crippen LogP contribution in [0, 0.1) is 17.8 Å². The zero-order valence-electron chi connectivity index (χ0n) is 38.9. The number of amides is 2. The number of Topliss-reactive ketones (excluding diaryl/α,β-unsaturated/α-hetero) is 1. The molecular weight excluding hydrogens is 833 g/mol. The fraction of sp³-hybridized carbons (Fsp3) is 0.689. The van der Waals surface area contributed by atoms with Gasteiger partial charge in [-0.2, -0.15) is 0 Å². The molecule has 19 heteroatoms. The summed E-state index contributed by atoms with van der Waals surface area (Å²) in [5.41, 5.74) is -1.74. The molecule has 19 nitrogen and oxygen atoms in total. The Bertz CT molecular complexity index is 2020. The van der Waals surface area contributed by atoms with E-state index in [1.807, 2.05) is 39.8 Å². The molecule has 3 aliphatic rings. The van der Waals surface area contributed by atoms with Crippen molar-refractivity contribution >= 4 is 35.0 Å². The van der Waals surface area contributed by atoms with Crippen LogP contribution in [0.5, 0.6) is 0 Å². The van der Waals surface area contributed by atoms with Gasteiger partial charge in [0.1, 0.15) is 40.8 Å². The van der Waals surface area contributed by atoms with E-state index in [-0.39, 0.29) is 74.3 Å². The monoisotopic (exact) mass is 898 g/mol. The van der Waals surface area contributed by atoms with Crippen LogP contribution in [0.25, 0.3) is 11.4 Å². The normalized spacial score (nSPS) is 34.7. The summed E-state index contributed by atoms with van der Waals surface area (Å²) < 4.78 is 37.7. The van der Waals surface area contributed by atoms with Crippen LogP contribution in [-0.2, 0) is 49.5 Å². The van der Waals surface area contributed by atoms with Gasteiger partial charge in [0.15, 0.2) is 24.4 Å². The second-order valence-corrected chi connectivity index (χ2v) is 17.8. The Labute approximate surface area is 374 Å². The topological polar surface area (TPSA) is 243 Å². The molecule has 0 radical (unpaired) electrons. The minimum atomic E-state index is -1.87. The van der Waals surface area contributed by atoms with Crippen molar-refractivity contribution in [3.05, 3.63) is 35.7 Å². The Morgan fingerprint density at radius 3 is 2.48 bits per heavy atom. The second kappa shape index (κ2) is 21.7. The number of oxime groups is 1. The molecule has 5 rings (SSSR count). The van der Waals surface area contributed by atoms with E-state index in [1.54, 1.807) is 45.0 Å². The molecule has 0 aromatic carbocycles. The summed E-state index contributed by atoms with van der Waals surface area (Å²) in [5.74, 6) is -4.80. The smallest absolute Gasteiger partial charge is 0.316 e. The van der Waals surface area contributed by atoms with E-state index < -0.39 is 77.3 Å². The number of carbonyl (C=O) groups is 4. The van der Waals surface area contributed by atoms with Crippen molar-refractivity contribution in [2.75, 3.05) is 33.9 Å². The Kier molecular flexibility index (Phi) is 17.1. The molecule has 2 bridgehead atoms. The van der Waals surface area contributed by atoms with Gasteiger partial charge < -0.3 is 53.5 Å². The molecule has 0 spiro atoms. The molecule has 0 unspecified atom stereocenters. The number of aromatic nitrogens is 2. The van der Waals surface area contributed by atoms with E-state index in [1.165, 1.54) is 20.8 Å². The van der Waals surface area contributed by atoms with Gasteiger partial charge in [-0.25, -0.2) is 9.98 Å². The number of fused-ring (bicyclic) bond motifs is 5. The van der Waals surface area contributed by atoms with E-state index in [9.17, 15) is 29.4 Å². The number of aliphatic hydroxyl groups excluding tert-OH is 1. The molecule has 3 fully saturated rings. The van der Waals surface area contributed by atoms with Crippen molar-refractivity contribution in [2.24, 2.45) is 27.9 Å². The largest absolute Gasteiger partial charge is 0.459 e. The number of ether oxygens (including phenoxy) is 5. The molecule has 2 aromatic rings. The highest BCUT2D eigenvalue weighted by Gasteiger charge is 2.52. The average molecular weight is 899 g/mol. The van der Waals surface area contributed by atoms with Crippen LogP contribution in [0.15, 0.2) is 38.9 Å². The molecular formula is C45H66N6O13. The minimum Gasteiger partial charge on any atom is -0.459 e. The van der Waals surface area contributed by atoms with Crippen molar-refractivity contribution in [2.45, 2.75) is 149 Å². The van der Waals surface area contributed by atoms with Crippen molar-refractivity contribution in [3.63, 3.8) is 0 Å². The van der Waals surface area contributed by atoms with Crippen LogP contribution in [0.2, 0.25) is 0 Å². The molecule has 12 atom stereocenters. The summed E-state index contributed by atoms with van der Waals surface area (Å²) in [6.07, 6.45) is -5.43. The number of aliphatic imine (C=N–C) groups is 1. The van der Waals surface area contributed by atoms with E-state index >= 15 is 0 Å². The first-order chi connectivity index (χ1) is 30.2. The van der Waals surface area contributed by atoms with Gasteiger partial charge in [-0.1, -0.05) is 37.1 Å². The van der Waals surface area contributed by atoms with Gasteiger partial charge in [0.25, 0.3) is 5.91 Å². The SMILES string of the molecule is CCNC(=O)c1cccc(-c2cc(CO/N=C3/CO[C@@H]4CC(=NC(C)=O)[C@H](C)C[C@@](C)(OC3)[C@H](O[C@@H]3O[C@H](C)C[C@H](N(C)C)[C@H]3O)[C@@H](C)C(=O)[C@@H](C)C(=O)O[C@H](CC)[C@@]4(C)O)on2)n1. The first kappa shape index (κ1) is 50.5. The van der Waals surface area contributed by atoms with Gasteiger partial charge in [0.2, 0.25) is 5.91 Å². The summed E-state index contributed by atoms with van der Waals surface area (Å²) in [6, 6.07) is 6.23. The maximum atomic E-state index is 14.5. The summed E-state index contributed by atoms with van der Waals surface area (Å²) in [4.78, 5) is 70.0. The predicted molar refractivity (Wildman–Crippen MR) is 232 cm³/mol. The van der Waals surface area contributed by atoms with E-state index in [2.05, 4.69) is 25.6 Å². The fourth-order valence-corrected chi connectivity index (χ4v) is 8.66. The van der Waals surface area contributed by atoms with Crippen LogP contribution in [0.1, 0.15) is 104 Å². The van der Waals surface area contributed by atoms with E-state index in [4.69, 9.17) is 33.0 Å². The van der Waals surface area contributed by atoms with Gasteiger partial charge in [-0.15, -0.1) is 0 Å². The number of cyclic esters (lactones) is 1. The van der Waals surface area contributed by atoms with Gasteiger partial charge in [0, 0.05) is 43.6 Å². The lowest BCUT2D eigenvalue weighted by Crippen LogP contribution is -2.59. The van der Waals surface area contributed by atoms with Gasteiger partial charge in [-0.05, 0) is 86.0 Å². The lowest BCUT2D eigenvalue weighted by Gasteiger charge is -2.47. The highest BCUT2D eigenvalue weighted by molar-refractivity contribution is 6.00. The Hall–Kier alpha value is -4.50. The van der Waals surface area contributed by atoms with Gasteiger partial charge >= 0.3 is 5.97 Å². The third kappa shape index (κ3) is 12.0. The number of rotatable bonds is 10. The predicted octanol–water partition coefficient (Wildman–Crippen LogP) is 3.68. The van der Waals surface area contributed by atoms with E-state index in [0.717, 1.165) is 0 Å². The number of pyridine rings is 1. The quantitative estimate of drug-likeness (QED) is 0.175. The number of ketones is 1. The summed E-state index contributed by atoms with van der Waals surface area (Å²) in [5, 5.41) is 35.2. The van der Waals surface area contributed by atoms with Crippen molar-refractivity contribution in [1.82, 2.24) is 20.4 Å². The number of carbonyl (C=O) groups excluding carboxylic acids is 4. The third-order valence-corrected chi connectivity index (χ3v) is 12.3. The number of hydrogen-bond donors (Lipinski definition) is 3. The maximum Gasteiger partial charge on any atom is 0.316 e. The lowest BCUT2D eigenvalue weighted by molar-refractivity contribution is -0.296. The second-order valence-electron chi connectivity index (χ2n) is 17.8. The lowest BCUT2D eigenvalue weighted by atomic mass is 9.76. The third-order valence-electron chi connectivity index (χ3n) is 12.3. The summed E-state index contributed by atoms with van der Waals surface area (Å²) >= 11 is 0. The zero-order valence-corrected chi connectivity index (χ0v) is 38.9. The molecule has 0 saturated carbocycles. The highest BCUT2D eigenvalue weighted by atomic mass is 16.7. The molecule has 5 heterocycles. The van der Waals surface area contributed by atoms with Crippen LogP contribution in [0.3, 0.4) is 0 Å². The molecule has 3 saturated heterocycles. The highest BCUT2D eigenvalue weighted by Crippen LogP contribution is 2.39. The summed E-state index contributed by atoms with van der Waals surface area (Å²) in [7, 11) is 3.70. The van der Waals surface area contributed by atoms with Gasteiger partial charge in [0.05, 0.1) is 42.8 Å². The van der Waals surface area contributed by atoms with Crippen LogP contribution >= 0.6 is 0 Å². The summed E-state index contributed by atoms with van der Waals surface area (Å²) in [6.45, 7) is 14.6. The van der Waals surface area contributed by atoms with Crippen molar-refractivity contribution < 1.29 is 62.4 Å². The molecule has 0 aliphatic carbocycles. The number of nitrogens with zero attached hydrogens (tertiary/aromatic N) is 5. The first-order valence-electron chi connectivity index (χ1n) is 22.0. The number of aliphatic hydroxyl groups is 2. The number of nitrogens with one attached hydrogen (secondary N) is 1. The van der Waals surface area contributed by atoms with Crippen molar-refractivity contribution in [1.29, 1.82) is 0 Å². The fourth-order valence-electron chi connectivity index (χ4n) is 8.66.